The molecule has 1 aromatic heterocycles. The minimum atomic E-state index is 0.280. The van der Waals surface area contributed by atoms with Crippen molar-refractivity contribution in [2.75, 3.05) is 0 Å². The summed E-state index contributed by atoms with van der Waals surface area (Å²) >= 11 is 7.09. The maximum absolute atomic E-state index is 5.23. The average molecular weight is 344 g/mol. The molecule has 16 heavy (non-hydrogen) atoms. The van der Waals surface area contributed by atoms with Crippen LogP contribution in [0.1, 0.15) is 21.5 Å². The van der Waals surface area contributed by atoms with E-state index in [1.807, 2.05) is 6.07 Å². The molecule has 2 aromatic rings. The van der Waals surface area contributed by atoms with Crippen LogP contribution < -0.4 is 0 Å². The molecule has 1 nitrogen and oxygen atoms in total. The highest BCUT2D eigenvalue weighted by molar-refractivity contribution is 9.10. The van der Waals surface area contributed by atoms with Gasteiger partial charge in [-0.3, -0.25) is 0 Å². The van der Waals surface area contributed by atoms with Gasteiger partial charge in [0, 0.05) is 10.4 Å². The summed E-state index contributed by atoms with van der Waals surface area (Å²) in [5.41, 5.74) is 3.78. The maximum Gasteiger partial charge on any atom is 0.173 e. The molecule has 0 aliphatic rings. The van der Waals surface area contributed by atoms with Gasteiger partial charge in [0.05, 0.1) is 6.26 Å². The van der Waals surface area contributed by atoms with E-state index in [2.05, 4.69) is 63.0 Å². The minimum absolute atomic E-state index is 0.280. The number of alkyl halides is 1. The first-order valence-corrected chi connectivity index (χ1v) is 6.80. The van der Waals surface area contributed by atoms with Crippen LogP contribution in [-0.2, 0) is 6.42 Å². The lowest BCUT2D eigenvalue weighted by molar-refractivity contribution is 0.536. The lowest BCUT2D eigenvalue weighted by atomic mass is 10.0. The molecular weight excluding hydrogens is 332 g/mol. The summed E-state index contributed by atoms with van der Waals surface area (Å²) < 4.78 is 6.04. The third-order valence-corrected chi connectivity index (χ3v) is 3.94. The van der Waals surface area contributed by atoms with Crippen molar-refractivity contribution >= 4 is 31.9 Å². The molecular formula is C13H12Br2O. The highest BCUT2D eigenvalue weighted by atomic mass is 79.9. The minimum Gasteiger partial charge on any atom is -0.457 e. The van der Waals surface area contributed by atoms with Crippen LogP contribution in [0.25, 0.3) is 0 Å². The van der Waals surface area contributed by atoms with E-state index in [0.29, 0.717) is 0 Å². The van der Waals surface area contributed by atoms with Gasteiger partial charge in [-0.1, -0.05) is 45.8 Å². The standard InChI is InChI=1S/C13H12Br2O/c1-9-3-2-4-10(7-9)8-12(14)11-5-6-16-13(11)15/h2-7,12H,8H2,1H3. The molecule has 0 fully saturated rings. The summed E-state index contributed by atoms with van der Waals surface area (Å²) in [6, 6.07) is 10.5. The Balaban J connectivity index is 2.14. The van der Waals surface area contributed by atoms with Crippen molar-refractivity contribution in [2.45, 2.75) is 18.2 Å². The van der Waals surface area contributed by atoms with Crippen LogP contribution in [0.4, 0.5) is 0 Å². The number of benzene rings is 1. The van der Waals surface area contributed by atoms with E-state index in [1.54, 1.807) is 6.26 Å². The Morgan fingerprint density at radius 2 is 2.12 bits per heavy atom. The van der Waals surface area contributed by atoms with Gasteiger partial charge in [-0.05, 0) is 40.9 Å². The molecule has 0 N–H and O–H groups in total. The SMILES string of the molecule is Cc1cccc(CC(Br)c2ccoc2Br)c1. The Kier molecular flexibility index (Phi) is 3.87. The zero-order valence-corrected chi connectivity index (χ0v) is 12.1. The van der Waals surface area contributed by atoms with Gasteiger partial charge in [0.2, 0.25) is 0 Å². The van der Waals surface area contributed by atoms with Crippen molar-refractivity contribution in [1.29, 1.82) is 0 Å². The molecule has 1 aromatic carbocycles. The van der Waals surface area contributed by atoms with Gasteiger partial charge in [0.15, 0.2) is 4.67 Å². The highest BCUT2D eigenvalue weighted by Crippen LogP contribution is 2.33. The smallest absolute Gasteiger partial charge is 0.173 e. The summed E-state index contributed by atoms with van der Waals surface area (Å²) in [4.78, 5) is 0.280. The van der Waals surface area contributed by atoms with Crippen LogP contribution in [0.15, 0.2) is 45.7 Å². The topological polar surface area (TPSA) is 13.1 Å². The number of aryl methyl sites for hydroxylation is 1. The van der Waals surface area contributed by atoms with Gasteiger partial charge in [0.25, 0.3) is 0 Å². The molecule has 0 radical (unpaired) electrons. The average Bonchev–Trinajstić information content (AvgIpc) is 2.64. The number of halogens is 2. The summed E-state index contributed by atoms with van der Waals surface area (Å²) in [5.74, 6) is 0. The van der Waals surface area contributed by atoms with Crippen molar-refractivity contribution in [3.63, 3.8) is 0 Å². The van der Waals surface area contributed by atoms with Gasteiger partial charge in [-0.15, -0.1) is 0 Å². The fraction of sp³-hybridized carbons (Fsp3) is 0.231. The van der Waals surface area contributed by atoms with Crippen LogP contribution in [0.2, 0.25) is 0 Å². The van der Waals surface area contributed by atoms with E-state index in [0.717, 1.165) is 16.7 Å². The van der Waals surface area contributed by atoms with Crippen LogP contribution in [0, 0.1) is 6.92 Å². The van der Waals surface area contributed by atoms with E-state index >= 15 is 0 Å². The Morgan fingerprint density at radius 1 is 1.31 bits per heavy atom. The second-order valence-corrected chi connectivity index (χ2v) is 5.64. The van der Waals surface area contributed by atoms with Crippen LogP contribution >= 0.6 is 31.9 Å². The molecule has 84 valence electrons. The third kappa shape index (κ3) is 2.77. The normalized spacial score (nSPS) is 12.7. The van der Waals surface area contributed by atoms with Gasteiger partial charge in [0.1, 0.15) is 0 Å². The predicted octanol–water partition coefficient (Wildman–Crippen LogP) is 5.03. The molecule has 1 atom stereocenters. The third-order valence-electron chi connectivity index (χ3n) is 2.48. The maximum atomic E-state index is 5.23. The zero-order chi connectivity index (χ0) is 11.5. The van der Waals surface area contributed by atoms with E-state index in [4.69, 9.17) is 4.42 Å². The Labute approximate surface area is 112 Å². The van der Waals surface area contributed by atoms with Crippen LogP contribution in [0.5, 0.6) is 0 Å². The fourth-order valence-corrected chi connectivity index (χ4v) is 3.24. The Hall–Kier alpha value is -0.540. The molecule has 0 spiro atoms. The van der Waals surface area contributed by atoms with Gasteiger partial charge in [-0.2, -0.15) is 0 Å². The molecule has 2 rings (SSSR count). The quantitative estimate of drug-likeness (QED) is 0.712. The lowest BCUT2D eigenvalue weighted by Crippen LogP contribution is -1.94. The molecule has 0 aliphatic heterocycles. The first-order chi connectivity index (χ1) is 7.66. The summed E-state index contributed by atoms with van der Waals surface area (Å²) in [7, 11) is 0. The van der Waals surface area contributed by atoms with Crippen molar-refractivity contribution in [1.82, 2.24) is 0 Å². The Bertz CT molecular complexity index is 476. The van der Waals surface area contributed by atoms with Crippen molar-refractivity contribution in [2.24, 2.45) is 0 Å². The molecule has 1 heterocycles. The van der Waals surface area contributed by atoms with E-state index < -0.39 is 0 Å². The molecule has 0 saturated heterocycles. The predicted molar refractivity (Wildman–Crippen MR) is 73.0 cm³/mol. The monoisotopic (exact) mass is 342 g/mol. The highest BCUT2D eigenvalue weighted by Gasteiger charge is 2.13. The summed E-state index contributed by atoms with van der Waals surface area (Å²) in [6.45, 7) is 2.11. The molecule has 1 unspecified atom stereocenters. The summed E-state index contributed by atoms with van der Waals surface area (Å²) in [6.07, 6.45) is 2.66. The molecule has 3 heteroatoms. The molecule has 0 saturated carbocycles. The summed E-state index contributed by atoms with van der Waals surface area (Å²) in [5, 5.41) is 0. The van der Waals surface area contributed by atoms with Crippen LogP contribution in [0.3, 0.4) is 0 Å². The second-order valence-electron chi connectivity index (χ2n) is 3.81. The van der Waals surface area contributed by atoms with E-state index in [1.165, 1.54) is 11.1 Å². The Morgan fingerprint density at radius 3 is 2.75 bits per heavy atom. The molecule has 0 amide bonds. The van der Waals surface area contributed by atoms with Gasteiger partial charge < -0.3 is 4.42 Å². The van der Waals surface area contributed by atoms with E-state index in [9.17, 15) is 0 Å². The number of hydrogen-bond donors (Lipinski definition) is 0. The zero-order valence-electron chi connectivity index (χ0n) is 8.91. The van der Waals surface area contributed by atoms with E-state index in [-0.39, 0.29) is 4.83 Å². The number of rotatable bonds is 3. The largest absolute Gasteiger partial charge is 0.457 e. The molecule has 0 bridgehead atoms. The van der Waals surface area contributed by atoms with Crippen molar-refractivity contribution in [3.8, 4) is 0 Å². The first-order valence-electron chi connectivity index (χ1n) is 5.09. The van der Waals surface area contributed by atoms with Gasteiger partial charge >= 0.3 is 0 Å². The first kappa shape index (κ1) is 11.9. The lowest BCUT2D eigenvalue weighted by Gasteiger charge is -2.08. The number of furan rings is 1. The van der Waals surface area contributed by atoms with Crippen molar-refractivity contribution < 1.29 is 4.42 Å². The number of hydrogen-bond acceptors (Lipinski definition) is 1. The second kappa shape index (κ2) is 5.19. The fourth-order valence-electron chi connectivity index (χ4n) is 1.68. The van der Waals surface area contributed by atoms with Crippen molar-refractivity contribution in [3.05, 3.63) is 58.0 Å². The molecule has 0 aliphatic carbocycles. The van der Waals surface area contributed by atoms with Crippen LogP contribution in [-0.4, -0.2) is 0 Å². The van der Waals surface area contributed by atoms with Gasteiger partial charge in [-0.25, -0.2) is 0 Å².